The molecule has 1 aliphatic rings. The molecule has 2 atom stereocenters. The fourth-order valence-electron chi connectivity index (χ4n) is 4.09. The minimum atomic E-state index is -0.0897. The van der Waals surface area contributed by atoms with Gasteiger partial charge in [0.25, 0.3) is 0 Å². The molecule has 0 aliphatic heterocycles. The second kappa shape index (κ2) is 7.84. The highest BCUT2D eigenvalue weighted by Crippen LogP contribution is 2.37. The van der Waals surface area contributed by atoms with Crippen molar-refractivity contribution in [1.29, 1.82) is 0 Å². The highest BCUT2D eigenvalue weighted by atomic mass is 19.1. The number of hydrogen-bond donors (Lipinski definition) is 1. The third-order valence-corrected chi connectivity index (χ3v) is 5.45. The van der Waals surface area contributed by atoms with Gasteiger partial charge in [-0.25, -0.2) is 4.39 Å². The van der Waals surface area contributed by atoms with Crippen molar-refractivity contribution >= 4 is 0 Å². The zero-order valence-corrected chi connectivity index (χ0v) is 14.9. The molecule has 132 valence electrons. The van der Waals surface area contributed by atoms with Crippen molar-refractivity contribution in [2.75, 3.05) is 0 Å². The highest BCUT2D eigenvalue weighted by molar-refractivity contribution is 5.34. The molecule has 0 unspecified atom stereocenters. The van der Waals surface area contributed by atoms with Gasteiger partial charge >= 0.3 is 0 Å². The molecule has 3 aromatic rings. The van der Waals surface area contributed by atoms with Crippen LogP contribution in [0.4, 0.5) is 4.39 Å². The molecular weight excluding hydrogens is 321 g/mol. The Kier molecular flexibility index (Phi) is 5.12. The Morgan fingerprint density at radius 2 is 1.58 bits per heavy atom. The van der Waals surface area contributed by atoms with Crippen molar-refractivity contribution in [3.63, 3.8) is 0 Å². The maximum atomic E-state index is 14.2. The SMILES string of the molecule is Fc1ccccc1C[C@@H]1CCc2ccccc2[C@H]1NCc1ccccc1. The molecule has 0 spiro atoms. The van der Waals surface area contributed by atoms with Gasteiger partial charge in [0.05, 0.1) is 0 Å². The van der Waals surface area contributed by atoms with E-state index < -0.39 is 0 Å². The molecule has 0 bridgehead atoms. The molecular formula is C24H24FN. The van der Waals surface area contributed by atoms with Crippen molar-refractivity contribution in [3.8, 4) is 0 Å². The van der Waals surface area contributed by atoms with E-state index in [1.54, 1.807) is 12.1 Å². The second-order valence-corrected chi connectivity index (χ2v) is 7.14. The summed E-state index contributed by atoms with van der Waals surface area (Å²) in [4.78, 5) is 0. The third kappa shape index (κ3) is 3.71. The zero-order valence-electron chi connectivity index (χ0n) is 14.9. The molecule has 2 heteroatoms. The average molecular weight is 345 g/mol. The molecule has 1 N–H and O–H groups in total. The maximum absolute atomic E-state index is 14.2. The fraction of sp³-hybridized carbons (Fsp3) is 0.250. The molecule has 4 rings (SSSR count). The van der Waals surface area contributed by atoms with Gasteiger partial charge in [0.1, 0.15) is 5.82 Å². The Morgan fingerprint density at radius 1 is 0.846 bits per heavy atom. The average Bonchev–Trinajstić information content (AvgIpc) is 2.69. The van der Waals surface area contributed by atoms with E-state index in [1.165, 1.54) is 16.7 Å². The molecule has 0 radical (unpaired) electrons. The smallest absolute Gasteiger partial charge is 0.126 e. The van der Waals surface area contributed by atoms with Crippen LogP contribution in [0.1, 0.15) is 34.7 Å². The van der Waals surface area contributed by atoms with E-state index in [1.807, 2.05) is 18.2 Å². The summed E-state index contributed by atoms with van der Waals surface area (Å²) in [7, 11) is 0. The number of benzene rings is 3. The van der Waals surface area contributed by atoms with Gasteiger partial charge in [0.2, 0.25) is 0 Å². The van der Waals surface area contributed by atoms with Crippen molar-refractivity contribution < 1.29 is 4.39 Å². The molecule has 0 fully saturated rings. The molecule has 0 aromatic heterocycles. The molecule has 0 heterocycles. The van der Waals surface area contributed by atoms with Crippen molar-refractivity contribution in [1.82, 2.24) is 5.32 Å². The third-order valence-electron chi connectivity index (χ3n) is 5.45. The van der Waals surface area contributed by atoms with Crippen LogP contribution in [0.5, 0.6) is 0 Å². The van der Waals surface area contributed by atoms with E-state index in [-0.39, 0.29) is 11.9 Å². The first-order chi connectivity index (χ1) is 12.8. The fourth-order valence-corrected chi connectivity index (χ4v) is 4.09. The van der Waals surface area contributed by atoms with Gasteiger partial charge in [-0.15, -0.1) is 0 Å². The minimum absolute atomic E-state index is 0.0897. The number of halogens is 1. The van der Waals surface area contributed by atoms with Crippen LogP contribution in [0.25, 0.3) is 0 Å². The van der Waals surface area contributed by atoms with E-state index in [9.17, 15) is 4.39 Å². The van der Waals surface area contributed by atoms with E-state index in [4.69, 9.17) is 0 Å². The molecule has 0 amide bonds. The van der Waals surface area contributed by atoms with Crippen molar-refractivity contribution in [2.24, 2.45) is 5.92 Å². The van der Waals surface area contributed by atoms with Gasteiger partial charge in [0.15, 0.2) is 0 Å². The first kappa shape index (κ1) is 17.0. The predicted octanol–water partition coefficient (Wildman–Crippen LogP) is 5.46. The maximum Gasteiger partial charge on any atom is 0.126 e. The van der Waals surface area contributed by atoms with Gasteiger partial charge in [-0.3, -0.25) is 0 Å². The molecule has 1 nitrogen and oxygen atoms in total. The first-order valence-corrected chi connectivity index (χ1v) is 9.40. The van der Waals surface area contributed by atoms with Crippen LogP contribution in [0.2, 0.25) is 0 Å². The zero-order chi connectivity index (χ0) is 17.8. The highest BCUT2D eigenvalue weighted by Gasteiger charge is 2.29. The summed E-state index contributed by atoms with van der Waals surface area (Å²) in [6.45, 7) is 0.827. The topological polar surface area (TPSA) is 12.0 Å². The van der Waals surface area contributed by atoms with Gasteiger partial charge in [-0.05, 0) is 53.5 Å². The summed E-state index contributed by atoms with van der Waals surface area (Å²) in [5.74, 6) is 0.304. The lowest BCUT2D eigenvalue weighted by Crippen LogP contribution is -2.33. The van der Waals surface area contributed by atoms with Crippen LogP contribution in [0, 0.1) is 11.7 Å². The Labute approximate surface area is 154 Å². The molecule has 1 aliphatic carbocycles. The predicted molar refractivity (Wildman–Crippen MR) is 104 cm³/mol. The quantitative estimate of drug-likeness (QED) is 0.647. The Bertz CT molecular complexity index is 859. The van der Waals surface area contributed by atoms with Crippen LogP contribution in [0.3, 0.4) is 0 Å². The van der Waals surface area contributed by atoms with Crippen LogP contribution < -0.4 is 5.32 Å². The van der Waals surface area contributed by atoms with Gasteiger partial charge in [-0.2, -0.15) is 0 Å². The number of fused-ring (bicyclic) bond motifs is 1. The Balaban J connectivity index is 1.59. The summed E-state index contributed by atoms with van der Waals surface area (Å²) < 4.78 is 14.2. The first-order valence-electron chi connectivity index (χ1n) is 9.40. The largest absolute Gasteiger partial charge is 0.306 e. The summed E-state index contributed by atoms with van der Waals surface area (Å²) in [6, 6.07) is 26.6. The molecule has 26 heavy (non-hydrogen) atoms. The second-order valence-electron chi connectivity index (χ2n) is 7.14. The van der Waals surface area contributed by atoms with E-state index in [0.29, 0.717) is 5.92 Å². The monoisotopic (exact) mass is 345 g/mol. The summed E-state index contributed by atoms with van der Waals surface area (Å²) >= 11 is 0. The Morgan fingerprint density at radius 3 is 2.42 bits per heavy atom. The van der Waals surface area contributed by atoms with E-state index in [0.717, 1.165) is 31.4 Å². The number of nitrogens with one attached hydrogen (secondary N) is 1. The van der Waals surface area contributed by atoms with Crippen LogP contribution in [0.15, 0.2) is 78.9 Å². The molecule has 0 saturated carbocycles. The van der Waals surface area contributed by atoms with Gasteiger partial charge in [0, 0.05) is 12.6 Å². The summed E-state index contributed by atoms with van der Waals surface area (Å²) in [6.07, 6.45) is 2.92. The van der Waals surface area contributed by atoms with E-state index >= 15 is 0 Å². The molecule has 0 saturated heterocycles. The number of hydrogen-bond acceptors (Lipinski definition) is 1. The normalized spacial score (nSPS) is 19.1. The standard InChI is InChI=1S/C24H24FN/c25-23-13-7-5-11-20(23)16-21-15-14-19-10-4-6-12-22(19)24(21)26-17-18-8-2-1-3-9-18/h1-13,21,24,26H,14-17H2/t21-,24-/m0/s1. The van der Waals surface area contributed by atoms with Gasteiger partial charge < -0.3 is 5.32 Å². The van der Waals surface area contributed by atoms with Gasteiger partial charge in [-0.1, -0.05) is 72.8 Å². The molecule has 3 aromatic carbocycles. The lowest BCUT2D eigenvalue weighted by Gasteiger charge is -2.35. The van der Waals surface area contributed by atoms with Crippen LogP contribution >= 0.6 is 0 Å². The van der Waals surface area contributed by atoms with Crippen LogP contribution in [-0.2, 0) is 19.4 Å². The van der Waals surface area contributed by atoms with Crippen LogP contribution in [-0.4, -0.2) is 0 Å². The Hall–Kier alpha value is -2.45. The van der Waals surface area contributed by atoms with Crippen molar-refractivity contribution in [2.45, 2.75) is 31.8 Å². The summed E-state index contributed by atoms with van der Waals surface area (Å²) in [5.41, 5.74) is 4.89. The lowest BCUT2D eigenvalue weighted by atomic mass is 9.76. The summed E-state index contributed by atoms with van der Waals surface area (Å²) in [5, 5.41) is 3.76. The lowest BCUT2D eigenvalue weighted by molar-refractivity contribution is 0.314. The minimum Gasteiger partial charge on any atom is -0.306 e. The van der Waals surface area contributed by atoms with Crippen molar-refractivity contribution in [3.05, 3.63) is 107 Å². The number of aryl methyl sites for hydroxylation is 1. The van der Waals surface area contributed by atoms with E-state index in [2.05, 4.69) is 53.8 Å². The number of rotatable bonds is 5.